The number of aryl methyl sites for hydroxylation is 1. The molecule has 1 atom stereocenters. The summed E-state index contributed by atoms with van der Waals surface area (Å²) in [5.74, 6) is -0.440. The second kappa shape index (κ2) is 5.85. The van der Waals surface area contributed by atoms with E-state index in [0.29, 0.717) is 16.1 Å². The highest BCUT2D eigenvalue weighted by Crippen LogP contribution is 2.21. The van der Waals surface area contributed by atoms with Crippen LogP contribution in [0.2, 0.25) is 0 Å². The molecule has 2 rings (SSSR count). The van der Waals surface area contributed by atoms with E-state index in [1.54, 1.807) is 18.2 Å². The molecular formula is C15H13FN2OS. The first-order valence-corrected chi connectivity index (χ1v) is 7.26. The highest BCUT2D eigenvalue weighted by atomic mass is 32.2. The number of nitrogens with two attached hydrogens (primary N) is 1. The number of anilines is 1. The minimum absolute atomic E-state index is 0.0195. The zero-order valence-corrected chi connectivity index (χ0v) is 11.7. The molecule has 2 aromatic carbocycles. The molecule has 2 aromatic rings. The van der Waals surface area contributed by atoms with Gasteiger partial charge >= 0.3 is 0 Å². The Balaban J connectivity index is 2.33. The van der Waals surface area contributed by atoms with Crippen molar-refractivity contribution < 1.29 is 8.60 Å². The van der Waals surface area contributed by atoms with E-state index in [1.165, 1.54) is 18.2 Å². The fraction of sp³-hybridized carbons (Fsp3) is 0.133. The minimum atomic E-state index is -1.41. The van der Waals surface area contributed by atoms with Crippen LogP contribution in [0.1, 0.15) is 16.7 Å². The predicted molar refractivity (Wildman–Crippen MR) is 76.8 cm³/mol. The van der Waals surface area contributed by atoms with Crippen LogP contribution in [-0.4, -0.2) is 4.21 Å². The molecule has 5 heteroatoms. The van der Waals surface area contributed by atoms with Crippen LogP contribution < -0.4 is 5.73 Å². The molecule has 0 saturated carbocycles. The lowest BCUT2D eigenvalue weighted by atomic mass is 10.1. The summed E-state index contributed by atoms with van der Waals surface area (Å²) in [7, 11) is -1.41. The lowest BCUT2D eigenvalue weighted by Crippen LogP contribution is -2.02. The van der Waals surface area contributed by atoms with E-state index in [4.69, 9.17) is 11.0 Å². The Kier molecular flexibility index (Phi) is 4.16. The first-order valence-electron chi connectivity index (χ1n) is 5.94. The van der Waals surface area contributed by atoms with Crippen LogP contribution in [0.25, 0.3) is 0 Å². The molecule has 0 aliphatic rings. The average molecular weight is 288 g/mol. The van der Waals surface area contributed by atoms with E-state index in [1.807, 2.05) is 13.0 Å². The predicted octanol–water partition coefficient (Wildman–Crippen LogP) is 2.90. The Morgan fingerprint density at radius 1 is 1.30 bits per heavy atom. The second-order valence-electron chi connectivity index (χ2n) is 4.43. The molecule has 2 N–H and O–H groups in total. The highest BCUT2D eigenvalue weighted by Gasteiger charge is 2.12. The van der Waals surface area contributed by atoms with Gasteiger partial charge in [0.25, 0.3) is 0 Å². The van der Waals surface area contributed by atoms with Crippen LogP contribution in [0.3, 0.4) is 0 Å². The fourth-order valence-corrected chi connectivity index (χ4v) is 3.19. The molecule has 0 aliphatic carbocycles. The summed E-state index contributed by atoms with van der Waals surface area (Å²) >= 11 is 0. The van der Waals surface area contributed by atoms with Gasteiger partial charge in [-0.25, -0.2) is 4.39 Å². The monoisotopic (exact) mass is 288 g/mol. The van der Waals surface area contributed by atoms with Crippen molar-refractivity contribution in [2.24, 2.45) is 0 Å². The fourth-order valence-electron chi connectivity index (χ4n) is 1.84. The third kappa shape index (κ3) is 3.03. The van der Waals surface area contributed by atoms with Crippen molar-refractivity contribution in [2.75, 3.05) is 5.73 Å². The molecule has 0 fully saturated rings. The van der Waals surface area contributed by atoms with Gasteiger partial charge in [-0.1, -0.05) is 6.07 Å². The Morgan fingerprint density at radius 2 is 2.05 bits per heavy atom. The zero-order valence-electron chi connectivity index (χ0n) is 10.9. The summed E-state index contributed by atoms with van der Waals surface area (Å²) in [4.78, 5) is 0.590. The topological polar surface area (TPSA) is 66.9 Å². The molecule has 0 heterocycles. The number of nitrogens with zero attached hydrogens (tertiary/aromatic N) is 1. The number of rotatable bonds is 3. The molecule has 0 saturated heterocycles. The number of hydrogen-bond donors (Lipinski definition) is 1. The van der Waals surface area contributed by atoms with Crippen LogP contribution >= 0.6 is 0 Å². The van der Waals surface area contributed by atoms with E-state index in [2.05, 4.69) is 0 Å². The van der Waals surface area contributed by atoms with Gasteiger partial charge in [-0.2, -0.15) is 5.26 Å². The van der Waals surface area contributed by atoms with Crippen LogP contribution in [-0.2, 0) is 16.6 Å². The van der Waals surface area contributed by atoms with E-state index in [9.17, 15) is 8.60 Å². The smallest absolute Gasteiger partial charge is 0.127 e. The van der Waals surface area contributed by atoms with Gasteiger partial charge in [0.1, 0.15) is 5.82 Å². The molecule has 3 nitrogen and oxygen atoms in total. The molecule has 0 bridgehead atoms. The highest BCUT2D eigenvalue weighted by molar-refractivity contribution is 7.84. The number of nitriles is 1. The van der Waals surface area contributed by atoms with Gasteiger partial charge in [0.2, 0.25) is 0 Å². The van der Waals surface area contributed by atoms with Gasteiger partial charge in [-0.05, 0) is 42.8 Å². The molecule has 1 unspecified atom stereocenters. The van der Waals surface area contributed by atoms with Crippen LogP contribution in [0.5, 0.6) is 0 Å². The van der Waals surface area contributed by atoms with Crippen LogP contribution in [0, 0.1) is 24.1 Å². The van der Waals surface area contributed by atoms with Crippen LogP contribution in [0.4, 0.5) is 10.1 Å². The maximum Gasteiger partial charge on any atom is 0.127 e. The third-order valence-corrected chi connectivity index (χ3v) is 4.42. The summed E-state index contributed by atoms with van der Waals surface area (Å²) < 4.78 is 26.0. The van der Waals surface area contributed by atoms with E-state index < -0.39 is 16.6 Å². The van der Waals surface area contributed by atoms with Crippen LogP contribution in [0.15, 0.2) is 41.3 Å². The quantitative estimate of drug-likeness (QED) is 0.883. The largest absolute Gasteiger partial charge is 0.399 e. The first-order chi connectivity index (χ1) is 9.51. The van der Waals surface area contributed by atoms with E-state index >= 15 is 0 Å². The summed E-state index contributed by atoms with van der Waals surface area (Å²) in [5.41, 5.74) is 7.66. The number of hydrogen-bond acceptors (Lipinski definition) is 3. The first kappa shape index (κ1) is 14.2. The third-order valence-electron chi connectivity index (χ3n) is 2.92. The number of nitrogen functional groups attached to an aromatic ring is 1. The van der Waals surface area contributed by atoms with Crippen molar-refractivity contribution in [1.82, 2.24) is 0 Å². The maximum absolute atomic E-state index is 13.7. The second-order valence-corrected chi connectivity index (χ2v) is 5.85. The van der Waals surface area contributed by atoms with Gasteiger partial charge < -0.3 is 5.73 Å². The van der Waals surface area contributed by atoms with Gasteiger partial charge in [-0.15, -0.1) is 0 Å². The van der Waals surface area contributed by atoms with Gasteiger partial charge in [-0.3, -0.25) is 4.21 Å². The Hall–Kier alpha value is -2.19. The van der Waals surface area contributed by atoms with E-state index in [0.717, 1.165) is 5.56 Å². The van der Waals surface area contributed by atoms with Crippen molar-refractivity contribution >= 4 is 16.5 Å². The minimum Gasteiger partial charge on any atom is -0.399 e. The molecular weight excluding hydrogens is 275 g/mol. The number of benzene rings is 2. The molecule has 102 valence electrons. The van der Waals surface area contributed by atoms with Crippen molar-refractivity contribution in [3.63, 3.8) is 0 Å². The summed E-state index contributed by atoms with van der Waals surface area (Å²) in [6.45, 7) is 1.83. The van der Waals surface area contributed by atoms with Crippen molar-refractivity contribution in [3.8, 4) is 6.07 Å². The van der Waals surface area contributed by atoms with Crippen molar-refractivity contribution in [2.45, 2.75) is 17.6 Å². The van der Waals surface area contributed by atoms with Crippen molar-refractivity contribution in [1.29, 1.82) is 5.26 Å². The summed E-state index contributed by atoms with van der Waals surface area (Å²) in [6.07, 6.45) is 0. The van der Waals surface area contributed by atoms with Gasteiger partial charge in [0.05, 0.1) is 28.2 Å². The number of halogens is 1. The standard InChI is InChI=1S/C15H13FN2OS/c1-10-2-4-13(18)7-15(10)20(19)9-12-6-11(8-17)3-5-14(12)16/h2-7H,9,18H2,1H3. The lowest BCUT2D eigenvalue weighted by Gasteiger charge is -2.08. The lowest BCUT2D eigenvalue weighted by molar-refractivity contribution is 0.615. The summed E-state index contributed by atoms with van der Waals surface area (Å²) in [5, 5.41) is 8.82. The van der Waals surface area contributed by atoms with Gasteiger partial charge in [0.15, 0.2) is 0 Å². The van der Waals surface area contributed by atoms with Crippen molar-refractivity contribution in [3.05, 3.63) is 58.9 Å². The molecule has 0 radical (unpaired) electrons. The normalized spacial score (nSPS) is 11.8. The van der Waals surface area contributed by atoms with E-state index in [-0.39, 0.29) is 11.3 Å². The molecule has 0 aromatic heterocycles. The Bertz CT molecular complexity index is 722. The van der Waals surface area contributed by atoms with Gasteiger partial charge in [0, 0.05) is 16.1 Å². The molecule has 0 spiro atoms. The molecule has 0 amide bonds. The average Bonchev–Trinajstić information content (AvgIpc) is 2.43. The zero-order chi connectivity index (χ0) is 14.7. The molecule has 20 heavy (non-hydrogen) atoms. The maximum atomic E-state index is 13.7. The Labute approximate surface area is 119 Å². The Morgan fingerprint density at radius 3 is 2.75 bits per heavy atom. The molecule has 0 aliphatic heterocycles. The summed E-state index contributed by atoms with van der Waals surface area (Å²) in [6, 6.07) is 11.1. The SMILES string of the molecule is Cc1ccc(N)cc1S(=O)Cc1cc(C#N)ccc1F.